The van der Waals surface area contributed by atoms with Gasteiger partial charge in [-0.1, -0.05) is 109 Å². The molecule has 1 aromatic heterocycles. The zero-order chi connectivity index (χ0) is 22.6. The molecule has 7 rings (SSSR count). The molecule has 0 bridgehead atoms. The van der Waals surface area contributed by atoms with E-state index < -0.39 is 0 Å². The van der Waals surface area contributed by atoms with Crippen molar-refractivity contribution in [3.63, 3.8) is 0 Å². The van der Waals surface area contributed by atoms with Crippen LogP contribution in [0, 0.1) is 0 Å². The molecule has 0 atom stereocenters. The number of hydrogen-bond acceptors (Lipinski definition) is 1. The second-order valence-electron chi connectivity index (χ2n) is 8.63. The van der Waals surface area contributed by atoms with E-state index in [1.165, 1.54) is 0 Å². The molecule has 0 spiro atoms. The first-order chi connectivity index (χ1) is 16.8. The molecule has 2 heteroatoms. The molecular formula is C32H19O2. The predicted octanol–water partition coefficient (Wildman–Crippen LogP) is 9.37. The van der Waals surface area contributed by atoms with Gasteiger partial charge in [-0.3, -0.25) is 5.11 Å². The van der Waals surface area contributed by atoms with Crippen LogP contribution >= 0.6 is 0 Å². The van der Waals surface area contributed by atoms with E-state index in [4.69, 9.17) is 4.42 Å². The molecule has 0 saturated carbocycles. The fraction of sp³-hybridized carbons (Fsp3) is 0. The third kappa shape index (κ3) is 2.63. The fourth-order valence-electron chi connectivity index (χ4n) is 5.23. The summed E-state index contributed by atoms with van der Waals surface area (Å²) in [6.07, 6.45) is 0. The molecule has 0 aliphatic rings. The van der Waals surface area contributed by atoms with Gasteiger partial charge in [-0.05, 0) is 33.5 Å². The minimum Gasteiger partial charge on any atom is -0.455 e. The molecule has 34 heavy (non-hydrogen) atoms. The van der Waals surface area contributed by atoms with Crippen molar-refractivity contribution in [2.45, 2.75) is 0 Å². The van der Waals surface area contributed by atoms with E-state index in [1.54, 1.807) is 0 Å². The summed E-state index contributed by atoms with van der Waals surface area (Å²) < 4.78 is 6.63. The Morgan fingerprint density at radius 2 is 1.03 bits per heavy atom. The second-order valence-corrected chi connectivity index (χ2v) is 8.63. The molecule has 2 nitrogen and oxygen atoms in total. The molecule has 0 fully saturated rings. The molecule has 0 saturated heterocycles. The maximum atomic E-state index is 13.9. The van der Waals surface area contributed by atoms with Crippen LogP contribution in [0.5, 0.6) is 5.75 Å². The monoisotopic (exact) mass is 435 g/mol. The standard InChI is InChI=1S/C32H19O2/c33-30-24-17-9-8-16-23(24)28(21-13-5-2-6-14-21)32-29(30)27-19-26(20-11-3-1-4-12-20)22-15-7-10-18-25(22)31(27)34-32/h1-19H. The normalized spacial score (nSPS) is 11.6. The van der Waals surface area contributed by atoms with Gasteiger partial charge >= 0.3 is 0 Å². The maximum Gasteiger partial charge on any atom is 0.198 e. The van der Waals surface area contributed by atoms with Gasteiger partial charge in [0.15, 0.2) is 5.75 Å². The third-order valence-corrected chi connectivity index (χ3v) is 6.74. The first-order valence-corrected chi connectivity index (χ1v) is 11.4. The Labute approximate surface area is 196 Å². The number of rotatable bonds is 2. The van der Waals surface area contributed by atoms with Crippen LogP contribution in [0.4, 0.5) is 0 Å². The van der Waals surface area contributed by atoms with Crippen LogP contribution in [0.3, 0.4) is 0 Å². The average Bonchev–Trinajstić information content (AvgIpc) is 3.29. The van der Waals surface area contributed by atoms with Gasteiger partial charge in [-0.2, -0.15) is 0 Å². The van der Waals surface area contributed by atoms with Crippen LogP contribution in [0.1, 0.15) is 0 Å². The van der Waals surface area contributed by atoms with Crippen molar-refractivity contribution in [2.24, 2.45) is 0 Å². The molecule has 159 valence electrons. The van der Waals surface area contributed by atoms with Crippen LogP contribution in [0.2, 0.25) is 0 Å². The maximum absolute atomic E-state index is 13.9. The van der Waals surface area contributed by atoms with Crippen LogP contribution in [-0.4, -0.2) is 0 Å². The molecular weight excluding hydrogens is 416 g/mol. The van der Waals surface area contributed by atoms with E-state index in [0.29, 0.717) is 16.4 Å². The van der Waals surface area contributed by atoms with Gasteiger partial charge in [0.2, 0.25) is 0 Å². The Bertz CT molecular complexity index is 1850. The zero-order valence-electron chi connectivity index (χ0n) is 18.3. The highest BCUT2D eigenvalue weighted by Crippen LogP contribution is 2.49. The SMILES string of the molecule is [O]c1c2ccccc2c(-c2ccccc2)c2oc3c4ccccc4c(-c4ccccc4)cc3c12. The van der Waals surface area contributed by atoms with Gasteiger partial charge in [-0.25, -0.2) is 0 Å². The summed E-state index contributed by atoms with van der Waals surface area (Å²) in [5.74, 6) is 0.0123. The minimum atomic E-state index is 0.0123. The van der Waals surface area contributed by atoms with Crippen LogP contribution in [0.15, 0.2) is 120 Å². The number of furan rings is 1. The van der Waals surface area contributed by atoms with E-state index in [9.17, 15) is 5.11 Å². The van der Waals surface area contributed by atoms with Crippen molar-refractivity contribution in [2.75, 3.05) is 0 Å². The smallest absolute Gasteiger partial charge is 0.198 e. The lowest BCUT2D eigenvalue weighted by molar-refractivity contribution is 0.365. The van der Waals surface area contributed by atoms with Crippen LogP contribution in [0.25, 0.3) is 65.7 Å². The summed E-state index contributed by atoms with van der Waals surface area (Å²) in [6, 6.07) is 38.8. The molecule has 6 aromatic carbocycles. The molecule has 0 N–H and O–H groups in total. The van der Waals surface area contributed by atoms with Gasteiger partial charge in [-0.15, -0.1) is 0 Å². The molecule has 0 aliphatic carbocycles. The lowest BCUT2D eigenvalue weighted by atomic mass is 9.92. The lowest BCUT2D eigenvalue weighted by Gasteiger charge is -2.09. The molecule has 1 radical (unpaired) electrons. The Balaban J connectivity index is 1.74. The van der Waals surface area contributed by atoms with E-state index in [1.807, 2.05) is 72.8 Å². The minimum absolute atomic E-state index is 0.0123. The number of hydrogen-bond donors (Lipinski definition) is 0. The molecule has 7 aromatic rings. The van der Waals surface area contributed by atoms with Gasteiger partial charge in [0.1, 0.15) is 11.2 Å². The van der Waals surface area contributed by atoms with E-state index in [2.05, 4.69) is 42.5 Å². The second kappa shape index (κ2) is 7.23. The number of benzene rings is 6. The predicted molar refractivity (Wildman–Crippen MR) is 140 cm³/mol. The van der Waals surface area contributed by atoms with Crippen molar-refractivity contribution in [1.82, 2.24) is 0 Å². The highest BCUT2D eigenvalue weighted by atomic mass is 16.3. The summed E-state index contributed by atoms with van der Waals surface area (Å²) in [4.78, 5) is 0. The van der Waals surface area contributed by atoms with Gasteiger partial charge in [0.05, 0.1) is 5.39 Å². The quantitative estimate of drug-likeness (QED) is 0.266. The van der Waals surface area contributed by atoms with Gasteiger partial charge < -0.3 is 4.42 Å². The van der Waals surface area contributed by atoms with E-state index in [-0.39, 0.29) is 5.75 Å². The van der Waals surface area contributed by atoms with E-state index >= 15 is 0 Å². The van der Waals surface area contributed by atoms with Crippen molar-refractivity contribution < 1.29 is 9.52 Å². The highest BCUT2D eigenvalue weighted by Gasteiger charge is 2.24. The number of fused-ring (bicyclic) bond motifs is 6. The summed E-state index contributed by atoms with van der Waals surface area (Å²) in [6.45, 7) is 0. The first kappa shape index (κ1) is 19.0. The highest BCUT2D eigenvalue weighted by molar-refractivity contribution is 6.26. The summed E-state index contributed by atoms with van der Waals surface area (Å²) >= 11 is 0. The Morgan fingerprint density at radius 1 is 0.471 bits per heavy atom. The van der Waals surface area contributed by atoms with Gasteiger partial charge in [0, 0.05) is 21.7 Å². The zero-order valence-corrected chi connectivity index (χ0v) is 18.3. The first-order valence-electron chi connectivity index (χ1n) is 11.4. The lowest BCUT2D eigenvalue weighted by Crippen LogP contribution is -1.84. The van der Waals surface area contributed by atoms with E-state index in [0.717, 1.165) is 49.4 Å². The van der Waals surface area contributed by atoms with Crippen molar-refractivity contribution in [3.8, 4) is 28.0 Å². The van der Waals surface area contributed by atoms with Crippen molar-refractivity contribution in [3.05, 3.63) is 115 Å². The van der Waals surface area contributed by atoms with Gasteiger partial charge in [0.25, 0.3) is 0 Å². The molecule has 1 heterocycles. The topological polar surface area (TPSA) is 33.0 Å². The Hall–Kier alpha value is -4.56. The fourth-order valence-corrected chi connectivity index (χ4v) is 5.23. The third-order valence-electron chi connectivity index (χ3n) is 6.74. The Kier molecular flexibility index (Phi) is 4.03. The summed E-state index contributed by atoms with van der Waals surface area (Å²) in [5.41, 5.74) is 5.63. The average molecular weight is 436 g/mol. The summed E-state index contributed by atoms with van der Waals surface area (Å²) in [5, 5.41) is 19.1. The molecule has 0 unspecified atom stereocenters. The Morgan fingerprint density at radius 3 is 1.74 bits per heavy atom. The van der Waals surface area contributed by atoms with Crippen LogP contribution < -0.4 is 0 Å². The van der Waals surface area contributed by atoms with Crippen molar-refractivity contribution >= 4 is 43.5 Å². The molecule has 0 aliphatic heterocycles. The van der Waals surface area contributed by atoms with Crippen LogP contribution in [-0.2, 0) is 5.11 Å². The summed E-state index contributed by atoms with van der Waals surface area (Å²) in [7, 11) is 0. The van der Waals surface area contributed by atoms with Crippen molar-refractivity contribution in [1.29, 1.82) is 0 Å². The largest absolute Gasteiger partial charge is 0.455 e. The molecule has 0 amide bonds.